The molecule has 1 aromatic carbocycles. The summed E-state index contributed by atoms with van der Waals surface area (Å²) in [4.78, 5) is 19.8. The third-order valence-electron chi connectivity index (χ3n) is 7.66. The van der Waals surface area contributed by atoms with E-state index in [4.69, 9.17) is 9.26 Å². The van der Waals surface area contributed by atoms with Crippen molar-refractivity contribution in [2.24, 2.45) is 17.8 Å². The van der Waals surface area contributed by atoms with Gasteiger partial charge in [-0.3, -0.25) is 4.79 Å². The molecule has 2 atom stereocenters. The molecule has 196 valence electrons. The molecule has 36 heavy (non-hydrogen) atoms. The van der Waals surface area contributed by atoms with E-state index >= 15 is 0 Å². The lowest BCUT2D eigenvalue weighted by Gasteiger charge is -2.38. The molecule has 0 radical (unpaired) electrons. The van der Waals surface area contributed by atoms with E-state index in [-0.39, 0.29) is 17.9 Å². The maximum absolute atomic E-state index is 14.4. The first-order chi connectivity index (χ1) is 17.2. The number of amides is 1. The molecular formula is C26H33F3N4O3. The highest BCUT2D eigenvalue weighted by molar-refractivity contribution is 5.79. The predicted molar refractivity (Wildman–Crippen MR) is 127 cm³/mol. The van der Waals surface area contributed by atoms with Crippen LogP contribution < -0.4 is 9.64 Å². The highest BCUT2D eigenvalue weighted by Crippen LogP contribution is 2.50. The van der Waals surface area contributed by atoms with Gasteiger partial charge in [-0.05, 0) is 55.1 Å². The summed E-state index contributed by atoms with van der Waals surface area (Å²) in [5, 5.41) is 4.06. The van der Waals surface area contributed by atoms with E-state index < -0.39 is 30.7 Å². The van der Waals surface area contributed by atoms with Gasteiger partial charge in [0, 0.05) is 25.1 Å². The largest absolute Gasteiger partial charge is 0.493 e. The number of rotatable bonds is 9. The quantitative estimate of drug-likeness (QED) is 0.492. The number of carbonyl (C=O) groups excluding carboxylic acids is 1. The van der Waals surface area contributed by atoms with Crippen molar-refractivity contribution in [2.45, 2.75) is 57.8 Å². The summed E-state index contributed by atoms with van der Waals surface area (Å²) in [5.74, 6) is -0.404. The molecule has 3 aliphatic rings. The molecule has 1 saturated carbocycles. The van der Waals surface area contributed by atoms with Crippen molar-refractivity contribution in [1.82, 2.24) is 15.0 Å². The minimum absolute atomic E-state index is 0.192. The molecule has 2 unspecified atom stereocenters. The topological polar surface area (TPSA) is 71.7 Å². The Morgan fingerprint density at radius 1 is 1.25 bits per heavy atom. The van der Waals surface area contributed by atoms with Crippen LogP contribution in [0.1, 0.15) is 56.8 Å². The van der Waals surface area contributed by atoms with E-state index in [2.05, 4.69) is 28.9 Å². The Balaban J connectivity index is 1.01. The lowest BCUT2D eigenvalue weighted by molar-refractivity contribution is -0.165. The van der Waals surface area contributed by atoms with Gasteiger partial charge in [0.1, 0.15) is 11.6 Å². The Kier molecular flexibility index (Phi) is 6.87. The Labute approximate surface area is 209 Å². The van der Waals surface area contributed by atoms with Crippen LogP contribution in [0.5, 0.6) is 5.75 Å². The molecule has 3 heterocycles. The second-order valence-corrected chi connectivity index (χ2v) is 10.7. The van der Waals surface area contributed by atoms with Crippen molar-refractivity contribution in [3.63, 3.8) is 0 Å². The Morgan fingerprint density at radius 2 is 2.00 bits per heavy atom. The van der Waals surface area contributed by atoms with E-state index in [1.54, 1.807) is 6.07 Å². The normalized spacial score (nSPS) is 23.6. The summed E-state index contributed by atoms with van der Waals surface area (Å²) in [6, 6.07) is 5.04. The minimum atomic E-state index is -2.82. The van der Waals surface area contributed by atoms with Crippen LogP contribution in [0.15, 0.2) is 22.7 Å². The highest BCUT2D eigenvalue weighted by atomic mass is 19.3. The number of alkyl halides is 2. The molecule has 2 saturated heterocycles. The van der Waals surface area contributed by atoms with Crippen molar-refractivity contribution in [1.29, 1.82) is 0 Å². The van der Waals surface area contributed by atoms with E-state index in [0.29, 0.717) is 36.1 Å². The molecule has 0 bridgehead atoms. The number of piperidine rings is 1. The SMILES string of the molecule is CC(C)c1noc(N2CCC(C3CC3CCOc3ccc(CC(=O)N4CC(F)(F)C4)c(F)c3)CC2)n1. The number of aromatic nitrogens is 2. The van der Waals surface area contributed by atoms with Crippen molar-refractivity contribution in [3.8, 4) is 5.75 Å². The van der Waals surface area contributed by atoms with Gasteiger partial charge in [-0.2, -0.15) is 4.98 Å². The first kappa shape index (κ1) is 24.9. The second-order valence-electron chi connectivity index (χ2n) is 10.7. The standard InChI is InChI=1S/C26H33F3N4O3/c1-16(2)24-30-25(36-31-24)32-8-5-17(6-9-32)21-11-18(21)7-10-35-20-4-3-19(22(27)13-20)12-23(34)33-14-26(28,29)15-33/h3-4,13,16-18,21H,5-12,14-15H2,1-2H3. The van der Waals surface area contributed by atoms with Crippen LogP contribution in [0.25, 0.3) is 0 Å². The molecular weight excluding hydrogens is 473 g/mol. The maximum atomic E-state index is 14.4. The van der Waals surface area contributed by atoms with Gasteiger partial charge in [-0.15, -0.1) is 0 Å². The smallest absolute Gasteiger partial charge is 0.324 e. The Morgan fingerprint density at radius 3 is 2.64 bits per heavy atom. The Bertz CT molecular complexity index is 1080. The zero-order chi connectivity index (χ0) is 25.4. The molecule has 2 aliphatic heterocycles. The van der Waals surface area contributed by atoms with Gasteiger partial charge in [-0.25, -0.2) is 13.2 Å². The Hall–Kier alpha value is -2.78. The number of benzene rings is 1. The molecule has 1 aliphatic carbocycles. The van der Waals surface area contributed by atoms with Crippen LogP contribution in [0.3, 0.4) is 0 Å². The third kappa shape index (κ3) is 5.62. The van der Waals surface area contributed by atoms with Gasteiger partial charge in [0.15, 0.2) is 5.82 Å². The summed E-state index contributed by atoms with van der Waals surface area (Å²) in [5.41, 5.74) is 0.192. The maximum Gasteiger partial charge on any atom is 0.324 e. The lowest BCUT2D eigenvalue weighted by Crippen LogP contribution is -2.58. The summed E-state index contributed by atoms with van der Waals surface area (Å²) in [6.07, 6.45) is 4.13. The summed E-state index contributed by atoms with van der Waals surface area (Å²) in [6.45, 7) is 5.29. The third-order valence-corrected chi connectivity index (χ3v) is 7.66. The first-order valence-corrected chi connectivity index (χ1v) is 12.8. The molecule has 3 fully saturated rings. The molecule has 10 heteroatoms. The lowest BCUT2D eigenvalue weighted by atomic mass is 9.90. The average Bonchev–Trinajstić information content (AvgIpc) is 3.41. The molecule has 7 nitrogen and oxygen atoms in total. The fourth-order valence-electron chi connectivity index (χ4n) is 5.34. The molecule has 0 N–H and O–H groups in total. The first-order valence-electron chi connectivity index (χ1n) is 12.8. The van der Waals surface area contributed by atoms with Crippen LogP contribution in [0.4, 0.5) is 19.2 Å². The number of nitrogens with zero attached hydrogens (tertiary/aromatic N) is 4. The van der Waals surface area contributed by atoms with Crippen molar-refractivity contribution in [2.75, 3.05) is 37.7 Å². The number of ether oxygens (including phenoxy) is 1. The van der Waals surface area contributed by atoms with Gasteiger partial charge < -0.3 is 19.1 Å². The molecule has 1 amide bonds. The van der Waals surface area contributed by atoms with E-state index in [1.807, 2.05) is 0 Å². The van der Waals surface area contributed by atoms with Gasteiger partial charge in [0.05, 0.1) is 26.1 Å². The molecule has 2 aromatic rings. The van der Waals surface area contributed by atoms with E-state index in [9.17, 15) is 18.0 Å². The minimum Gasteiger partial charge on any atom is -0.493 e. The second kappa shape index (κ2) is 9.94. The summed E-state index contributed by atoms with van der Waals surface area (Å²) < 4.78 is 51.5. The molecule has 5 rings (SSSR count). The number of carbonyl (C=O) groups is 1. The monoisotopic (exact) mass is 506 g/mol. The number of likely N-dealkylation sites (tertiary alicyclic amines) is 1. The van der Waals surface area contributed by atoms with Crippen LogP contribution in [-0.2, 0) is 11.2 Å². The molecule has 0 spiro atoms. The zero-order valence-corrected chi connectivity index (χ0v) is 20.8. The number of hydrogen-bond acceptors (Lipinski definition) is 6. The van der Waals surface area contributed by atoms with Gasteiger partial charge in [-0.1, -0.05) is 25.1 Å². The average molecular weight is 507 g/mol. The van der Waals surface area contributed by atoms with Crippen LogP contribution in [0.2, 0.25) is 0 Å². The van der Waals surface area contributed by atoms with Crippen molar-refractivity contribution >= 4 is 11.9 Å². The predicted octanol–water partition coefficient (Wildman–Crippen LogP) is 4.67. The van der Waals surface area contributed by atoms with Crippen molar-refractivity contribution < 1.29 is 27.2 Å². The zero-order valence-electron chi connectivity index (χ0n) is 20.8. The van der Waals surface area contributed by atoms with Gasteiger partial charge in [0.2, 0.25) is 5.91 Å². The van der Waals surface area contributed by atoms with Gasteiger partial charge >= 0.3 is 6.01 Å². The van der Waals surface area contributed by atoms with E-state index in [1.165, 1.54) is 18.6 Å². The summed E-state index contributed by atoms with van der Waals surface area (Å²) in [7, 11) is 0. The summed E-state index contributed by atoms with van der Waals surface area (Å²) >= 11 is 0. The highest BCUT2D eigenvalue weighted by Gasteiger charge is 2.46. The van der Waals surface area contributed by atoms with E-state index in [0.717, 1.165) is 43.1 Å². The fraction of sp³-hybridized carbons (Fsp3) is 0.654. The van der Waals surface area contributed by atoms with Crippen LogP contribution >= 0.6 is 0 Å². The number of hydrogen-bond donors (Lipinski definition) is 0. The van der Waals surface area contributed by atoms with Crippen LogP contribution in [-0.4, -0.2) is 59.7 Å². The van der Waals surface area contributed by atoms with Gasteiger partial charge in [0.25, 0.3) is 5.92 Å². The van der Waals surface area contributed by atoms with Crippen molar-refractivity contribution in [3.05, 3.63) is 35.4 Å². The molecule has 1 aromatic heterocycles. The van der Waals surface area contributed by atoms with Crippen LogP contribution in [0, 0.1) is 23.6 Å². The number of anilines is 1. The number of halogens is 3. The fourth-order valence-corrected chi connectivity index (χ4v) is 5.34.